The predicted molar refractivity (Wildman–Crippen MR) is 71.9 cm³/mol. The number of benzene rings is 1. The molecule has 0 aromatic heterocycles. The van der Waals surface area contributed by atoms with E-state index in [2.05, 4.69) is 11.4 Å². The summed E-state index contributed by atoms with van der Waals surface area (Å²) in [6.07, 6.45) is 0.896. The molecule has 0 saturated carbocycles. The van der Waals surface area contributed by atoms with Crippen molar-refractivity contribution in [1.29, 1.82) is 5.26 Å². The molecule has 0 atom stereocenters. The predicted octanol–water partition coefficient (Wildman–Crippen LogP) is 1.06. The van der Waals surface area contributed by atoms with Gasteiger partial charge >= 0.3 is 0 Å². The molecule has 0 saturated heterocycles. The van der Waals surface area contributed by atoms with Gasteiger partial charge in [0, 0.05) is 13.2 Å². The van der Waals surface area contributed by atoms with E-state index in [0.717, 1.165) is 25.1 Å². The fourth-order valence-electron chi connectivity index (χ4n) is 1.64. The molecule has 2 N–H and O–H groups in total. The molecule has 0 bridgehead atoms. The van der Waals surface area contributed by atoms with Gasteiger partial charge in [0.2, 0.25) is 0 Å². The van der Waals surface area contributed by atoms with Gasteiger partial charge < -0.3 is 19.9 Å². The maximum Gasteiger partial charge on any atom is 0.136 e. The van der Waals surface area contributed by atoms with Crippen LogP contribution in [0.1, 0.15) is 17.5 Å². The van der Waals surface area contributed by atoms with Crippen LogP contribution in [-0.4, -0.2) is 38.6 Å². The zero-order valence-corrected chi connectivity index (χ0v) is 11.2. The van der Waals surface area contributed by atoms with Gasteiger partial charge in [-0.3, -0.25) is 0 Å². The summed E-state index contributed by atoms with van der Waals surface area (Å²) in [6, 6.07) is 7.63. The van der Waals surface area contributed by atoms with Crippen molar-refractivity contribution >= 4 is 0 Å². The van der Waals surface area contributed by atoms with E-state index in [-0.39, 0.29) is 6.61 Å². The number of nitrogens with zero attached hydrogens (tertiary/aromatic N) is 1. The lowest BCUT2D eigenvalue weighted by Crippen LogP contribution is -2.16. The summed E-state index contributed by atoms with van der Waals surface area (Å²) < 4.78 is 10.3. The number of rotatable bonds is 9. The molecule has 104 valence electrons. The number of ether oxygens (including phenoxy) is 2. The average molecular weight is 264 g/mol. The number of nitrogens with one attached hydrogen (secondary N) is 1. The van der Waals surface area contributed by atoms with E-state index < -0.39 is 0 Å². The molecule has 0 aliphatic heterocycles. The van der Waals surface area contributed by atoms with Crippen molar-refractivity contribution in [3.8, 4) is 11.8 Å². The molecule has 0 heterocycles. The summed E-state index contributed by atoms with van der Waals surface area (Å²) >= 11 is 0. The minimum atomic E-state index is 0.0679. The molecule has 0 spiro atoms. The first-order chi connectivity index (χ1) is 9.31. The number of nitriles is 1. The summed E-state index contributed by atoms with van der Waals surface area (Å²) in [6.45, 7) is 2.67. The van der Waals surface area contributed by atoms with Crippen LogP contribution in [0, 0.1) is 11.3 Å². The number of aliphatic hydroxyl groups is 1. The van der Waals surface area contributed by atoms with E-state index in [1.165, 1.54) is 0 Å². The van der Waals surface area contributed by atoms with Crippen molar-refractivity contribution in [1.82, 2.24) is 5.32 Å². The number of hydrogen-bond acceptors (Lipinski definition) is 5. The van der Waals surface area contributed by atoms with Crippen LogP contribution in [0.4, 0.5) is 0 Å². The molecule has 0 radical (unpaired) electrons. The van der Waals surface area contributed by atoms with Gasteiger partial charge in [0.15, 0.2) is 0 Å². The van der Waals surface area contributed by atoms with Gasteiger partial charge in [0.05, 0.1) is 25.9 Å². The minimum absolute atomic E-state index is 0.0679. The van der Waals surface area contributed by atoms with E-state index in [9.17, 15) is 0 Å². The van der Waals surface area contributed by atoms with Gasteiger partial charge in [-0.1, -0.05) is 6.07 Å². The Hall–Kier alpha value is -1.61. The maximum atomic E-state index is 8.88. The molecule has 5 nitrogen and oxygen atoms in total. The Kier molecular flexibility index (Phi) is 7.59. The minimum Gasteiger partial charge on any atom is -0.495 e. The summed E-state index contributed by atoms with van der Waals surface area (Å²) in [5, 5.41) is 20.7. The third kappa shape index (κ3) is 5.71. The third-order valence-corrected chi connectivity index (χ3v) is 2.59. The van der Waals surface area contributed by atoms with Crippen molar-refractivity contribution in [2.24, 2.45) is 0 Å². The molecular weight excluding hydrogens is 244 g/mol. The van der Waals surface area contributed by atoms with Crippen LogP contribution in [0.15, 0.2) is 18.2 Å². The lowest BCUT2D eigenvalue weighted by Gasteiger charge is -2.08. The van der Waals surface area contributed by atoms with E-state index in [0.29, 0.717) is 24.5 Å². The Morgan fingerprint density at radius 2 is 2.21 bits per heavy atom. The van der Waals surface area contributed by atoms with Crippen molar-refractivity contribution in [3.63, 3.8) is 0 Å². The lowest BCUT2D eigenvalue weighted by atomic mass is 10.1. The molecular formula is C14H20N2O3. The number of aliphatic hydroxyl groups excluding tert-OH is 1. The smallest absolute Gasteiger partial charge is 0.136 e. The quantitative estimate of drug-likeness (QED) is 0.652. The summed E-state index contributed by atoms with van der Waals surface area (Å²) in [5.41, 5.74) is 1.62. The van der Waals surface area contributed by atoms with Gasteiger partial charge in [-0.05, 0) is 30.7 Å². The molecule has 0 unspecified atom stereocenters. The fraction of sp³-hybridized carbons (Fsp3) is 0.500. The zero-order valence-electron chi connectivity index (χ0n) is 11.2. The molecule has 19 heavy (non-hydrogen) atoms. The van der Waals surface area contributed by atoms with E-state index in [1.54, 1.807) is 13.2 Å². The first-order valence-electron chi connectivity index (χ1n) is 6.28. The lowest BCUT2D eigenvalue weighted by molar-refractivity contribution is 0.0907. The highest BCUT2D eigenvalue weighted by atomic mass is 16.5. The number of hydrogen-bond donors (Lipinski definition) is 2. The monoisotopic (exact) mass is 264 g/mol. The van der Waals surface area contributed by atoms with Gasteiger partial charge in [-0.15, -0.1) is 0 Å². The highest BCUT2D eigenvalue weighted by molar-refractivity contribution is 5.45. The fourth-order valence-corrected chi connectivity index (χ4v) is 1.64. The molecule has 0 aliphatic rings. The van der Waals surface area contributed by atoms with Crippen molar-refractivity contribution in [2.75, 3.05) is 33.5 Å². The van der Waals surface area contributed by atoms with Crippen LogP contribution in [0.25, 0.3) is 0 Å². The van der Waals surface area contributed by atoms with E-state index in [4.69, 9.17) is 19.8 Å². The molecule has 1 rings (SSSR count). The first-order valence-corrected chi connectivity index (χ1v) is 6.28. The number of methoxy groups -OCH3 is 1. The Bertz CT molecular complexity index is 416. The Balaban J connectivity index is 2.28. The van der Waals surface area contributed by atoms with Gasteiger partial charge in [0.25, 0.3) is 0 Å². The van der Waals surface area contributed by atoms with Gasteiger partial charge in [0.1, 0.15) is 11.8 Å². The molecule has 0 amide bonds. The van der Waals surface area contributed by atoms with Crippen LogP contribution >= 0.6 is 0 Å². The summed E-state index contributed by atoms with van der Waals surface area (Å²) in [7, 11) is 1.56. The zero-order chi connectivity index (χ0) is 13.9. The van der Waals surface area contributed by atoms with Crippen molar-refractivity contribution < 1.29 is 14.6 Å². The van der Waals surface area contributed by atoms with Crippen LogP contribution < -0.4 is 10.1 Å². The van der Waals surface area contributed by atoms with E-state index >= 15 is 0 Å². The van der Waals surface area contributed by atoms with Crippen LogP contribution in [0.5, 0.6) is 5.75 Å². The summed E-state index contributed by atoms with van der Waals surface area (Å²) in [5.74, 6) is 0.605. The summed E-state index contributed by atoms with van der Waals surface area (Å²) in [4.78, 5) is 0. The Morgan fingerprint density at radius 3 is 2.89 bits per heavy atom. The van der Waals surface area contributed by atoms with Crippen LogP contribution in [-0.2, 0) is 11.3 Å². The molecule has 0 fully saturated rings. The largest absolute Gasteiger partial charge is 0.495 e. The molecule has 1 aromatic rings. The second-order valence-electron chi connectivity index (χ2n) is 4.01. The molecule has 0 aliphatic carbocycles. The Labute approximate surface area is 113 Å². The SMILES string of the molecule is COc1cc(CNCCCOCCO)ccc1C#N. The topological polar surface area (TPSA) is 74.5 Å². The third-order valence-electron chi connectivity index (χ3n) is 2.59. The van der Waals surface area contributed by atoms with E-state index in [1.807, 2.05) is 12.1 Å². The molecule has 1 aromatic carbocycles. The van der Waals surface area contributed by atoms with Gasteiger partial charge in [-0.25, -0.2) is 0 Å². The van der Waals surface area contributed by atoms with Crippen LogP contribution in [0.3, 0.4) is 0 Å². The van der Waals surface area contributed by atoms with Gasteiger partial charge in [-0.2, -0.15) is 5.26 Å². The van der Waals surface area contributed by atoms with Crippen LogP contribution in [0.2, 0.25) is 0 Å². The van der Waals surface area contributed by atoms with Crippen molar-refractivity contribution in [2.45, 2.75) is 13.0 Å². The highest BCUT2D eigenvalue weighted by Crippen LogP contribution is 2.18. The Morgan fingerprint density at radius 1 is 1.37 bits per heavy atom. The maximum absolute atomic E-state index is 8.88. The second-order valence-corrected chi connectivity index (χ2v) is 4.01. The highest BCUT2D eigenvalue weighted by Gasteiger charge is 2.03. The molecule has 5 heteroatoms. The van der Waals surface area contributed by atoms with Crippen molar-refractivity contribution in [3.05, 3.63) is 29.3 Å². The standard InChI is InChI=1S/C14H20N2O3/c1-18-14-9-12(3-4-13(14)10-15)11-16-5-2-7-19-8-6-17/h3-4,9,16-17H,2,5-8,11H2,1H3. The first kappa shape index (κ1) is 15.4. The normalized spacial score (nSPS) is 10.2. The second kappa shape index (κ2) is 9.34. The average Bonchev–Trinajstić information content (AvgIpc) is 2.46.